The molecule has 5 nitrogen and oxygen atoms in total. The molecule has 0 unspecified atom stereocenters. The molecule has 0 amide bonds. The fourth-order valence-electron chi connectivity index (χ4n) is 2.52. The molecule has 0 aliphatic carbocycles. The van der Waals surface area contributed by atoms with E-state index in [4.69, 9.17) is 4.74 Å². The number of pyridine rings is 1. The number of nitrogens with one attached hydrogen (secondary N) is 2. The molecule has 1 aromatic heterocycles. The summed E-state index contributed by atoms with van der Waals surface area (Å²) in [6.45, 7) is 1.83. The minimum Gasteiger partial charge on any atom is -0.462 e. The van der Waals surface area contributed by atoms with E-state index >= 15 is 0 Å². The Kier molecular flexibility index (Phi) is 5.16. The highest BCUT2D eigenvalue weighted by molar-refractivity contribution is 6.05. The minimum absolute atomic E-state index is 0.107. The first-order chi connectivity index (χ1) is 12.9. The van der Waals surface area contributed by atoms with Gasteiger partial charge in [-0.15, -0.1) is 0 Å². The lowest BCUT2D eigenvalue weighted by Crippen LogP contribution is -2.15. The molecule has 27 heavy (non-hydrogen) atoms. The van der Waals surface area contributed by atoms with E-state index in [0.717, 1.165) is 12.1 Å². The molecule has 8 heteroatoms. The van der Waals surface area contributed by atoms with Crippen LogP contribution in [0.3, 0.4) is 0 Å². The topological polar surface area (TPSA) is 63.2 Å². The molecule has 0 bridgehead atoms. The van der Waals surface area contributed by atoms with Crippen molar-refractivity contribution in [3.05, 3.63) is 65.9 Å². The molecule has 0 fully saturated rings. The standard InChI is InChI=1S/C19H16F3N3O2/c1-2-27-18(26)15-11-23-16-10-12(19(20,21)22)8-9-14(16)17(15)25-24-13-6-4-3-5-7-13/h3-11,24H,2H2,1H3,(H,23,25). The van der Waals surface area contributed by atoms with Crippen molar-refractivity contribution >= 4 is 28.2 Å². The van der Waals surface area contributed by atoms with E-state index in [1.54, 1.807) is 19.1 Å². The smallest absolute Gasteiger partial charge is 0.416 e. The van der Waals surface area contributed by atoms with Gasteiger partial charge in [-0.2, -0.15) is 13.2 Å². The maximum atomic E-state index is 13.0. The summed E-state index contributed by atoms with van der Waals surface area (Å²) in [6, 6.07) is 12.2. The average Bonchev–Trinajstić information content (AvgIpc) is 2.65. The highest BCUT2D eigenvalue weighted by Crippen LogP contribution is 2.34. The van der Waals surface area contributed by atoms with Gasteiger partial charge in [0.2, 0.25) is 0 Å². The van der Waals surface area contributed by atoms with Crippen molar-refractivity contribution in [1.82, 2.24) is 4.98 Å². The molecule has 3 aromatic rings. The number of aromatic nitrogens is 1. The Balaban J connectivity index is 2.06. The summed E-state index contributed by atoms with van der Waals surface area (Å²) in [7, 11) is 0. The number of halogens is 3. The van der Waals surface area contributed by atoms with E-state index in [1.165, 1.54) is 12.3 Å². The fraction of sp³-hybridized carbons (Fsp3) is 0.158. The van der Waals surface area contributed by atoms with Gasteiger partial charge in [0, 0.05) is 11.6 Å². The molecule has 0 saturated carbocycles. The van der Waals surface area contributed by atoms with Gasteiger partial charge < -0.3 is 10.2 Å². The second-order valence-corrected chi connectivity index (χ2v) is 5.61. The van der Waals surface area contributed by atoms with Crippen LogP contribution in [0, 0.1) is 0 Å². The van der Waals surface area contributed by atoms with E-state index in [-0.39, 0.29) is 23.4 Å². The van der Waals surface area contributed by atoms with Gasteiger partial charge >= 0.3 is 12.1 Å². The summed E-state index contributed by atoms with van der Waals surface area (Å²) in [6.07, 6.45) is -3.28. The number of rotatable bonds is 5. The number of alkyl halides is 3. The third-order valence-electron chi connectivity index (χ3n) is 3.80. The number of hydrogen-bond donors (Lipinski definition) is 2. The normalized spacial score (nSPS) is 11.3. The summed E-state index contributed by atoms with van der Waals surface area (Å²) in [5.74, 6) is -0.621. The molecule has 0 aliphatic rings. The first-order valence-corrected chi connectivity index (χ1v) is 8.14. The summed E-state index contributed by atoms with van der Waals surface area (Å²) in [5.41, 5.74) is 6.24. The predicted octanol–water partition coefficient (Wildman–Crippen LogP) is 4.87. The van der Waals surface area contributed by atoms with Crippen LogP contribution in [0.1, 0.15) is 22.8 Å². The molecular formula is C19H16F3N3O2. The van der Waals surface area contributed by atoms with Gasteiger partial charge in [0.15, 0.2) is 0 Å². The van der Waals surface area contributed by atoms with E-state index < -0.39 is 17.7 Å². The van der Waals surface area contributed by atoms with E-state index in [2.05, 4.69) is 15.8 Å². The molecule has 1 heterocycles. The SMILES string of the molecule is CCOC(=O)c1cnc2cc(C(F)(F)F)ccc2c1NNc1ccccc1. The van der Waals surface area contributed by atoms with Crippen LogP contribution in [0.25, 0.3) is 10.9 Å². The van der Waals surface area contributed by atoms with Crippen molar-refractivity contribution in [2.45, 2.75) is 13.1 Å². The third kappa shape index (κ3) is 4.11. The number of para-hydroxylation sites is 1. The second kappa shape index (κ2) is 7.53. The number of benzene rings is 2. The van der Waals surface area contributed by atoms with Crippen molar-refractivity contribution in [2.24, 2.45) is 0 Å². The molecule has 3 rings (SSSR count). The lowest BCUT2D eigenvalue weighted by molar-refractivity contribution is -0.137. The molecule has 2 aromatic carbocycles. The van der Waals surface area contributed by atoms with Crippen LogP contribution in [0.15, 0.2) is 54.7 Å². The lowest BCUT2D eigenvalue weighted by atomic mass is 10.1. The predicted molar refractivity (Wildman–Crippen MR) is 96.4 cm³/mol. The zero-order chi connectivity index (χ0) is 19.4. The zero-order valence-electron chi connectivity index (χ0n) is 14.3. The first kappa shape index (κ1) is 18.5. The largest absolute Gasteiger partial charge is 0.462 e. The van der Waals surface area contributed by atoms with Gasteiger partial charge in [-0.1, -0.05) is 24.3 Å². The van der Waals surface area contributed by atoms with Crippen molar-refractivity contribution in [3.8, 4) is 0 Å². The zero-order valence-corrected chi connectivity index (χ0v) is 14.3. The highest BCUT2D eigenvalue weighted by Gasteiger charge is 2.31. The third-order valence-corrected chi connectivity index (χ3v) is 3.80. The summed E-state index contributed by atoms with van der Waals surface area (Å²) >= 11 is 0. The number of nitrogens with zero attached hydrogens (tertiary/aromatic N) is 1. The molecule has 2 N–H and O–H groups in total. The number of hydrogen-bond acceptors (Lipinski definition) is 5. The number of hydrazine groups is 1. The van der Waals surface area contributed by atoms with Gasteiger partial charge in [-0.3, -0.25) is 10.4 Å². The number of fused-ring (bicyclic) bond motifs is 1. The maximum Gasteiger partial charge on any atom is 0.416 e. The quantitative estimate of drug-likeness (QED) is 0.492. The number of carbonyl (C=O) groups is 1. The van der Waals surface area contributed by atoms with Gasteiger partial charge in [0.05, 0.1) is 29.1 Å². The van der Waals surface area contributed by atoms with Crippen LogP contribution in [-0.4, -0.2) is 17.6 Å². The van der Waals surface area contributed by atoms with Gasteiger partial charge in [-0.25, -0.2) is 4.79 Å². The minimum atomic E-state index is -4.48. The van der Waals surface area contributed by atoms with Crippen molar-refractivity contribution < 1.29 is 22.7 Å². The Hall–Kier alpha value is -3.29. The number of carbonyl (C=O) groups excluding carboxylic acids is 1. The Bertz CT molecular complexity index is 960. The lowest BCUT2D eigenvalue weighted by Gasteiger charge is -2.16. The molecule has 0 radical (unpaired) electrons. The Labute approximate surface area is 153 Å². The van der Waals surface area contributed by atoms with Gasteiger partial charge in [0.1, 0.15) is 5.56 Å². The molecule has 0 aliphatic heterocycles. The van der Waals surface area contributed by atoms with Gasteiger partial charge in [-0.05, 0) is 31.2 Å². The second-order valence-electron chi connectivity index (χ2n) is 5.61. The van der Waals surface area contributed by atoms with Crippen LogP contribution >= 0.6 is 0 Å². The highest BCUT2D eigenvalue weighted by atomic mass is 19.4. The molecule has 0 spiro atoms. The monoisotopic (exact) mass is 375 g/mol. The van der Waals surface area contributed by atoms with Crippen molar-refractivity contribution in [2.75, 3.05) is 17.5 Å². The van der Waals surface area contributed by atoms with Crippen LogP contribution < -0.4 is 10.9 Å². The van der Waals surface area contributed by atoms with E-state index in [1.807, 2.05) is 18.2 Å². The van der Waals surface area contributed by atoms with Crippen LogP contribution in [0.4, 0.5) is 24.5 Å². The number of esters is 1. The van der Waals surface area contributed by atoms with Crippen LogP contribution in [0.5, 0.6) is 0 Å². The van der Waals surface area contributed by atoms with Crippen molar-refractivity contribution in [1.29, 1.82) is 0 Å². The first-order valence-electron chi connectivity index (χ1n) is 8.14. The Morgan fingerprint density at radius 3 is 2.52 bits per heavy atom. The Morgan fingerprint density at radius 1 is 1.11 bits per heavy atom. The maximum absolute atomic E-state index is 13.0. The molecule has 0 saturated heterocycles. The average molecular weight is 375 g/mol. The molecule has 140 valence electrons. The van der Waals surface area contributed by atoms with Crippen molar-refractivity contribution in [3.63, 3.8) is 0 Å². The Morgan fingerprint density at radius 2 is 1.85 bits per heavy atom. The number of anilines is 2. The van der Waals surface area contributed by atoms with E-state index in [9.17, 15) is 18.0 Å². The van der Waals surface area contributed by atoms with Crippen LogP contribution in [-0.2, 0) is 10.9 Å². The molecule has 0 atom stereocenters. The van der Waals surface area contributed by atoms with Gasteiger partial charge in [0.25, 0.3) is 0 Å². The summed E-state index contributed by atoms with van der Waals surface area (Å²) in [4.78, 5) is 16.2. The van der Waals surface area contributed by atoms with E-state index in [0.29, 0.717) is 11.1 Å². The fourth-order valence-corrected chi connectivity index (χ4v) is 2.52. The number of ether oxygens (including phenoxy) is 1. The molecular weight excluding hydrogens is 359 g/mol. The van der Waals surface area contributed by atoms with Crippen LogP contribution in [0.2, 0.25) is 0 Å². The summed E-state index contributed by atoms with van der Waals surface area (Å²) in [5, 5.41) is 0.358. The summed E-state index contributed by atoms with van der Waals surface area (Å²) < 4.78 is 43.9.